The maximum atomic E-state index is 11.9. The van der Waals surface area contributed by atoms with Crippen molar-refractivity contribution in [1.29, 1.82) is 0 Å². The molecule has 6 heteroatoms. The first-order valence-electron chi connectivity index (χ1n) is 6.57. The standard InChI is InChI=1S/C14H18N4OS/c1-3-12-16-14(18-17-12)20-9-13(19)15-10(2)11-7-5-4-6-8-11/h4-8,10H,3,9H2,1-2H3,(H,15,19)(H,16,17,18)/t10-/m1/s1. The highest BCUT2D eigenvalue weighted by Crippen LogP contribution is 2.14. The third kappa shape index (κ3) is 4.09. The highest BCUT2D eigenvalue weighted by atomic mass is 32.2. The van der Waals surface area contributed by atoms with Crippen LogP contribution in [0.2, 0.25) is 0 Å². The van der Waals surface area contributed by atoms with Crippen molar-refractivity contribution >= 4 is 17.7 Å². The second-order valence-corrected chi connectivity index (χ2v) is 5.35. The molecule has 0 aliphatic carbocycles. The molecule has 0 fully saturated rings. The molecule has 0 spiro atoms. The predicted octanol–water partition coefficient (Wildman–Crippen LogP) is 2.34. The van der Waals surface area contributed by atoms with Gasteiger partial charge < -0.3 is 5.32 Å². The Bertz CT molecular complexity index is 555. The van der Waals surface area contributed by atoms with Crippen molar-refractivity contribution in [2.75, 3.05) is 5.75 Å². The Kier molecular flexibility index (Phi) is 5.17. The summed E-state index contributed by atoms with van der Waals surface area (Å²) in [4.78, 5) is 16.1. The number of nitrogens with zero attached hydrogens (tertiary/aromatic N) is 2. The summed E-state index contributed by atoms with van der Waals surface area (Å²) in [7, 11) is 0. The zero-order chi connectivity index (χ0) is 14.4. The number of amides is 1. The van der Waals surface area contributed by atoms with Crippen LogP contribution in [0.25, 0.3) is 0 Å². The smallest absolute Gasteiger partial charge is 0.230 e. The average molecular weight is 290 g/mol. The van der Waals surface area contributed by atoms with Crippen LogP contribution in [0.3, 0.4) is 0 Å². The van der Waals surface area contributed by atoms with Crippen LogP contribution in [0.4, 0.5) is 0 Å². The van der Waals surface area contributed by atoms with Gasteiger partial charge in [0.2, 0.25) is 11.1 Å². The Balaban J connectivity index is 1.80. The minimum Gasteiger partial charge on any atom is -0.349 e. The lowest BCUT2D eigenvalue weighted by Crippen LogP contribution is -2.28. The van der Waals surface area contributed by atoms with Gasteiger partial charge in [0, 0.05) is 6.42 Å². The number of hydrogen-bond acceptors (Lipinski definition) is 4. The molecule has 0 saturated carbocycles. The second-order valence-electron chi connectivity index (χ2n) is 4.41. The zero-order valence-corrected chi connectivity index (χ0v) is 12.4. The van der Waals surface area contributed by atoms with Gasteiger partial charge in [-0.25, -0.2) is 4.98 Å². The number of benzene rings is 1. The van der Waals surface area contributed by atoms with E-state index in [0.717, 1.165) is 17.8 Å². The number of aromatic amines is 1. The summed E-state index contributed by atoms with van der Waals surface area (Å²) in [5, 5.41) is 10.5. The highest BCUT2D eigenvalue weighted by molar-refractivity contribution is 7.99. The van der Waals surface area contributed by atoms with Crippen LogP contribution < -0.4 is 5.32 Å². The van der Waals surface area contributed by atoms with E-state index >= 15 is 0 Å². The Morgan fingerprint density at radius 2 is 2.15 bits per heavy atom. The Hall–Kier alpha value is -1.82. The summed E-state index contributed by atoms with van der Waals surface area (Å²) in [5.74, 6) is 1.14. The van der Waals surface area contributed by atoms with E-state index in [9.17, 15) is 4.79 Å². The molecule has 2 rings (SSSR count). The van der Waals surface area contributed by atoms with E-state index in [-0.39, 0.29) is 11.9 Å². The quantitative estimate of drug-likeness (QED) is 0.801. The van der Waals surface area contributed by atoms with Gasteiger partial charge in [-0.15, -0.1) is 5.10 Å². The minimum atomic E-state index is -0.0193. The van der Waals surface area contributed by atoms with Gasteiger partial charge in [-0.1, -0.05) is 49.0 Å². The van der Waals surface area contributed by atoms with Crippen LogP contribution >= 0.6 is 11.8 Å². The third-order valence-electron chi connectivity index (χ3n) is 2.86. The first-order valence-corrected chi connectivity index (χ1v) is 7.56. The number of aryl methyl sites for hydroxylation is 1. The molecule has 5 nitrogen and oxygen atoms in total. The molecule has 1 heterocycles. The van der Waals surface area contributed by atoms with Crippen molar-refractivity contribution in [2.45, 2.75) is 31.5 Å². The molecule has 0 unspecified atom stereocenters. The number of nitrogens with one attached hydrogen (secondary N) is 2. The van der Waals surface area contributed by atoms with Gasteiger partial charge >= 0.3 is 0 Å². The van der Waals surface area contributed by atoms with Gasteiger partial charge in [0.1, 0.15) is 5.82 Å². The first kappa shape index (κ1) is 14.6. The van der Waals surface area contributed by atoms with Gasteiger partial charge in [-0.05, 0) is 12.5 Å². The Morgan fingerprint density at radius 3 is 2.80 bits per heavy atom. The van der Waals surface area contributed by atoms with Crippen LogP contribution in [-0.2, 0) is 11.2 Å². The summed E-state index contributed by atoms with van der Waals surface area (Å²) in [6.07, 6.45) is 0.810. The van der Waals surface area contributed by atoms with E-state index in [1.807, 2.05) is 44.2 Å². The summed E-state index contributed by atoms with van der Waals surface area (Å²) >= 11 is 1.34. The molecule has 0 bridgehead atoms. The normalized spacial score (nSPS) is 12.1. The van der Waals surface area contributed by atoms with Crippen LogP contribution in [0.5, 0.6) is 0 Å². The molecule has 20 heavy (non-hydrogen) atoms. The second kappa shape index (κ2) is 7.09. The molecule has 1 aromatic heterocycles. The number of hydrogen-bond donors (Lipinski definition) is 2. The molecular weight excluding hydrogens is 272 g/mol. The van der Waals surface area contributed by atoms with Crippen molar-refractivity contribution in [2.24, 2.45) is 0 Å². The number of rotatable bonds is 6. The fourth-order valence-corrected chi connectivity index (χ4v) is 2.37. The van der Waals surface area contributed by atoms with Gasteiger partial charge in [-0.2, -0.15) is 0 Å². The molecule has 1 aromatic carbocycles. The highest BCUT2D eigenvalue weighted by Gasteiger charge is 2.11. The van der Waals surface area contributed by atoms with Crippen LogP contribution in [0.1, 0.15) is 31.3 Å². The number of carbonyl (C=O) groups is 1. The number of aromatic nitrogens is 3. The molecule has 0 saturated heterocycles. The van der Waals surface area contributed by atoms with Crippen molar-refractivity contribution < 1.29 is 4.79 Å². The maximum absolute atomic E-state index is 11.9. The SMILES string of the molecule is CCc1nc(SCC(=O)N[C@H](C)c2ccccc2)n[nH]1. The van der Waals surface area contributed by atoms with Gasteiger partial charge in [0.05, 0.1) is 11.8 Å². The molecule has 0 aliphatic heterocycles. The van der Waals surface area contributed by atoms with E-state index in [1.165, 1.54) is 11.8 Å². The molecule has 0 aliphatic rings. The lowest BCUT2D eigenvalue weighted by atomic mass is 10.1. The fraction of sp³-hybridized carbons (Fsp3) is 0.357. The van der Waals surface area contributed by atoms with E-state index < -0.39 is 0 Å². The van der Waals surface area contributed by atoms with Gasteiger partial charge in [0.25, 0.3) is 0 Å². The minimum absolute atomic E-state index is 0.00245. The molecule has 2 N–H and O–H groups in total. The average Bonchev–Trinajstić information content (AvgIpc) is 2.94. The van der Waals surface area contributed by atoms with E-state index in [2.05, 4.69) is 20.5 Å². The lowest BCUT2D eigenvalue weighted by molar-refractivity contribution is -0.119. The Morgan fingerprint density at radius 1 is 1.40 bits per heavy atom. The van der Waals surface area contributed by atoms with E-state index in [0.29, 0.717) is 10.9 Å². The van der Waals surface area contributed by atoms with Crippen molar-refractivity contribution in [1.82, 2.24) is 20.5 Å². The van der Waals surface area contributed by atoms with E-state index in [1.54, 1.807) is 0 Å². The van der Waals surface area contributed by atoms with Gasteiger partial charge in [-0.3, -0.25) is 9.89 Å². The molecular formula is C14H18N4OS. The maximum Gasteiger partial charge on any atom is 0.230 e. The van der Waals surface area contributed by atoms with Crippen molar-refractivity contribution in [3.63, 3.8) is 0 Å². The van der Waals surface area contributed by atoms with Crippen LogP contribution in [0, 0.1) is 0 Å². The first-order chi connectivity index (χ1) is 9.69. The number of carbonyl (C=O) groups excluding carboxylic acids is 1. The lowest BCUT2D eigenvalue weighted by Gasteiger charge is -2.13. The van der Waals surface area contributed by atoms with Crippen molar-refractivity contribution in [3.05, 3.63) is 41.7 Å². The third-order valence-corrected chi connectivity index (χ3v) is 3.70. The number of H-pyrrole nitrogens is 1. The van der Waals surface area contributed by atoms with Gasteiger partial charge in [0.15, 0.2) is 0 Å². The molecule has 0 radical (unpaired) electrons. The molecule has 1 atom stereocenters. The fourth-order valence-electron chi connectivity index (χ4n) is 1.74. The van der Waals surface area contributed by atoms with Crippen LogP contribution in [-0.4, -0.2) is 26.8 Å². The molecule has 1 amide bonds. The van der Waals surface area contributed by atoms with E-state index in [4.69, 9.17) is 0 Å². The summed E-state index contributed by atoms with van der Waals surface area (Å²) < 4.78 is 0. The Labute approximate surface area is 122 Å². The summed E-state index contributed by atoms with van der Waals surface area (Å²) in [5.41, 5.74) is 1.09. The summed E-state index contributed by atoms with van der Waals surface area (Å²) in [6, 6.07) is 9.89. The topological polar surface area (TPSA) is 70.7 Å². The monoisotopic (exact) mass is 290 g/mol. The van der Waals surface area contributed by atoms with Crippen LogP contribution in [0.15, 0.2) is 35.5 Å². The summed E-state index contributed by atoms with van der Waals surface area (Å²) in [6.45, 7) is 3.98. The zero-order valence-electron chi connectivity index (χ0n) is 11.6. The predicted molar refractivity (Wildman–Crippen MR) is 79.5 cm³/mol. The number of thioether (sulfide) groups is 1. The largest absolute Gasteiger partial charge is 0.349 e. The molecule has 2 aromatic rings. The van der Waals surface area contributed by atoms with Crippen molar-refractivity contribution in [3.8, 4) is 0 Å². The molecule has 106 valence electrons.